The summed E-state index contributed by atoms with van der Waals surface area (Å²) >= 11 is 6.21. The minimum Gasteiger partial charge on any atom is -0.487 e. The van der Waals surface area contributed by atoms with Crippen molar-refractivity contribution in [3.05, 3.63) is 82.2 Å². The van der Waals surface area contributed by atoms with Gasteiger partial charge in [-0.05, 0) is 50.6 Å². The van der Waals surface area contributed by atoms with E-state index < -0.39 is 41.8 Å². The number of hydrogen-bond acceptors (Lipinski definition) is 8. The Hall–Kier alpha value is -4.71. The van der Waals surface area contributed by atoms with Gasteiger partial charge in [-0.3, -0.25) is 24.3 Å². The monoisotopic (exact) mass is 606 g/mol. The Morgan fingerprint density at radius 3 is 2.51 bits per heavy atom. The molecular weight excluding hydrogens is 576 g/mol. The second-order valence-corrected chi connectivity index (χ2v) is 11.7. The minimum atomic E-state index is -0.754. The molecule has 4 amide bonds. The number of nitrogens with two attached hydrogens (primary N) is 1. The first-order chi connectivity index (χ1) is 20.4. The van der Waals surface area contributed by atoms with Crippen LogP contribution in [0.2, 0.25) is 5.02 Å². The van der Waals surface area contributed by atoms with Crippen molar-refractivity contribution in [2.24, 2.45) is 10.7 Å². The Kier molecular flexibility index (Phi) is 8.23. The lowest BCUT2D eigenvalue weighted by atomic mass is 9.97. The van der Waals surface area contributed by atoms with Gasteiger partial charge in [0.05, 0.1) is 18.0 Å². The van der Waals surface area contributed by atoms with Crippen LogP contribution in [0.15, 0.2) is 64.3 Å². The van der Waals surface area contributed by atoms with Crippen molar-refractivity contribution < 1.29 is 28.4 Å². The number of amidine groups is 1. The number of primary amides is 1. The van der Waals surface area contributed by atoms with Crippen LogP contribution in [-0.4, -0.2) is 69.7 Å². The number of aliphatic imine (C=N–C) groups is 1. The van der Waals surface area contributed by atoms with Crippen molar-refractivity contribution in [1.82, 2.24) is 20.3 Å². The van der Waals surface area contributed by atoms with Gasteiger partial charge in [0, 0.05) is 29.7 Å². The third kappa shape index (κ3) is 6.54. The molecule has 12 nitrogen and oxygen atoms in total. The molecule has 1 saturated heterocycles. The number of nitrogens with one attached hydrogen (secondary N) is 1. The maximum Gasteiger partial charge on any atom is 0.326 e. The molecule has 0 bridgehead atoms. The predicted molar refractivity (Wildman–Crippen MR) is 157 cm³/mol. The molecule has 3 heterocycles. The fourth-order valence-corrected chi connectivity index (χ4v) is 5.18. The third-order valence-electron chi connectivity index (χ3n) is 6.85. The zero-order valence-electron chi connectivity index (χ0n) is 23.9. The Balaban J connectivity index is 1.69. The summed E-state index contributed by atoms with van der Waals surface area (Å²) in [5.74, 6) is -0.986. The highest BCUT2D eigenvalue weighted by molar-refractivity contribution is 6.30. The van der Waals surface area contributed by atoms with Gasteiger partial charge in [-0.2, -0.15) is 0 Å². The summed E-state index contributed by atoms with van der Waals surface area (Å²) < 4.78 is 11.5. The molecule has 0 radical (unpaired) electrons. The summed E-state index contributed by atoms with van der Waals surface area (Å²) in [6.07, 6.45) is 0.958. The number of urea groups is 1. The van der Waals surface area contributed by atoms with E-state index in [9.17, 15) is 19.2 Å². The molecule has 3 N–H and O–H groups in total. The van der Waals surface area contributed by atoms with Crippen LogP contribution < -0.4 is 15.8 Å². The molecule has 5 rings (SSSR count). The van der Waals surface area contributed by atoms with E-state index in [0.29, 0.717) is 29.4 Å². The number of benzene rings is 2. The first-order valence-electron chi connectivity index (χ1n) is 13.6. The van der Waals surface area contributed by atoms with Crippen molar-refractivity contribution in [3.63, 3.8) is 0 Å². The Morgan fingerprint density at radius 2 is 1.88 bits per heavy atom. The van der Waals surface area contributed by atoms with Gasteiger partial charge in [0.25, 0.3) is 0 Å². The second kappa shape index (κ2) is 11.9. The zero-order chi connectivity index (χ0) is 30.9. The molecule has 2 aromatic carbocycles. The number of rotatable bonds is 7. The van der Waals surface area contributed by atoms with Crippen LogP contribution in [0.4, 0.5) is 4.79 Å². The van der Waals surface area contributed by atoms with Crippen molar-refractivity contribution in [2.45, 2.75) is 44.9 Å². The fourth-order valence-electron chi connectivity index (χ4n) is 5.05. The largest absolute Gasteiger partial charge is 0.487 e. The van der Waals surface area contributed by atoms with Crippen LogP contribution in [0.1, 0.15) is 66.5 Å². The van der Waals surface area contributed by atoms with E-state index in [2.05, 4.69) is 10.5 Å². The number of ketones is 1. The van der Waals surface area contributed by atoms with E-state index in [0.717, 1.165) is 5.56 Å². The number of Topliss-reactive ketones (excluding diaryl/α,β-unsaturated/α-hetero) is 1. The van der Waals surface area contributed by atoms with E-state index >= 15 is 0 Å². The number of piperazine rings is 1. The minimum absolute atomic E-state index is 0.128. The van der Waals surface area contributed by atoms with Crippen LogP contribution in [0.25, 0.3) is 0 Å². The lowest BCUT2D eigenvalue weighted by Gasteiger charge is -2.35. The Bertz CT molecular complexity index is 1580. The van der Waals surface area contributed by atoms with Crippen LogP contribution in [0.5, 0.6) is 5.75 Å². The highest BCUT2D eigenvalue weighted by Crippen LogP contribution is 2.45. The molecule has 13 heteroatoms. The molecule has 2 aliphatic rings. The molecule has 2 aliphatic heterocycles. The van der Waals surface area contributed by atoms with Crippen LogP contribution in [-0.2, 0) is 9.59 Å². The SMILES string of the molecule is CC(C)(C)Oc1cc(C(=O)CC(N)=O)ccc1C1=NC(c2ccon2)C(c2ccc(Cl)cc2)N1C(=O)N1CCNC(=O)C1. The first kappa shape index (κ1) is 29.8. The maximum atomic E-state index is 14.4. The van der Waals surface area contributed by atoms with Gasteiger partial charge in [0.2, 0.25) is 11.8 Å². The maximum absolute atomic E-state index is 14.4. The highest BCUT2D eigenvalue weighted by atomic mass is 35.5. The van der Waals surface area contributed by atoms with Crippen LogP contribution in [0, 0.1) is 0 Å². The molecule has 2 atom stereocenters. The fraction of sp³-hybridized carbons (Fsp3) is 0.333. The molecule has 224 valence electrons. The van der Waals surface area contributed by atoms with Crippen molar-refractivity contribution in [3.8, 4) is 5.75 Å². The quantitative estimate of drug-likeness (QED) is 0.306. The molecule has 0 spiro atoms. The Labute approximate surface area is 252 Å². The van der Waals surface area contributed by atoms with Crippen molar-refractivity contribution in [2.75, 3.05) is 19.6 Å². The summed E-state index contributed by atoms with van der Waals surface area (Å²) in [6, 6.07) is 11.6. The number of ether oxygens (including phenoxy) is 1. The predicted octanol–water partition coefficient (Wildman–Crippen LogP) is 3.66. The molecular formula is C30H31ClN6O6. The Morgan fingerprint density at radius 1 is 1.14 bits per heavy atom. The number of hydrogen-bond donors (Lipinski definition) is 2. The summed E-state index contributed by atoms with van der Waals surface area (Å²) in [5.41, 5.74) is 6.40. The number of amides is 4. The normalized spacial score (nSPS) is 18.7. The number of carbonyl (C=O) groups excluding carboxylic acids is 4. The molecule has 3 aromatic rings. The summed E-state index contributed by atoms with van der Waals surface area (Å²) in [5, 5.41) is 7.40. The van der Waals surface area contributed by atoms with Gasteiger partial charge in [-0.15, -0.1) is 0 Å². The summed E-state index contributed by atoms with van der Waals surface area (Å²) in [6.45, 7) is 6.00. The van der Waals surface area contributed by atoms with E-state index in [-0.39, 0.29) is 29.6 Å². The van der Waals surface area contributed by atoms with E-state index in [1.165, 1.54) is 28.2 Å². The van der Waals surface area contributed by atoms with Crippen molar-refractivity contribution in [1.29, 1.82) is 0 Å². The molecule has 2 unspecified atom stereocenters. The topological polar surface area (TPSA) is 160 Å². The highest BCUT2D eigenvalue weighted by Gasteiger charge is 2.46. The summed E-state index contributed by atoms with van der Waals surface area (Å²) in [7, 11) is 0. The van der Waals surface area contributed by atoms with E-state index in [1.54, 1.807) is 36.4 Å². The van der Waals surface area contributed by atoms with Gasteiger partial charge in [-0.25, -0.2) is 4.79 Å². The van der Waals surface area contributed by atoms with Gasteiger partial charge in [0.1, 0.15) is 41.7 Å². The van der Waals surface area contributed by atoms with Gasteiger partial charge < -0.3 is 25.2 Å². The van der Waals surface area contributed by atoms with E-state index in [1.807, 2.05) is 20.8 Å². The summed E-state index contributed by atoms with van der Waals surface area (Å²) in [4.78, 5) is 58.9. The number of aromatic nitrogens is 1. The van der Waals surface area contributed by atoms with E-state index in [4.69, 9.17) is 31.6 Å². The molecule has 1 fully saturated rings. The molecule has 43 heavy (non-hydrogen) atoms. The molecule has 1 aromatic heterocycles. The molecule has 0 saturated carbocycles. The lowest BCUT2D eigenvalue weighted by molar-refractivity contribution is -0.123. The first-order valence-corrected chi connectivity index (χ1v) is 14.0. The van der Waals surface area contributed by atoms with Crippen molar-refractivity contribution >= 4 is 41.1 Å². The smallest absolute Gasteiger partial charge is 0.326 e. The van der Waals surface area contributed by atoms with Crippen LogP contribution in [0.3, 0.4) is 0 Å². The van der Waals surface area contributed by atoms with Crippen LogP contribution >= 0.6 is 11.6 Å². The molecule has 0 aliphatic carbocycles. The third-order valence-corrected chi connectivity index (χ3v) is 7.10. The number of halogens is 1. The average molecular weight is 607 g/mol. The van der Waals surface area contributed by atoms with Gasteiger partial charge >= 0.3 is 6.03 Å². The average Bonchev–Trinajstić information content (AvgIpc) is 3.60. The number of carbonyl (C=O) groups is 4. The second-order valence-electron chi connectivity index (χ2n) is 11.2. The standard InChI is InChI=1S/C30H31ClN6O6/c1-30(2,3)43-23-14-18(22(38)15-24(32)39)6-9-20(23)28-34-26(21-10-13-42-35-21)27(17-4-7-19(31)8-5-17)37(28)29(41)36-12-11-33-25(40)16-36/h4-10,13-14,26-27H,11-12,15-16H2,1-3H3,(H2,32,39)(H,33,40). The lowest BCUT2D eigenvalue weighted by Crippen LogP contribution is -2.55. The number of nitrogens with zero attached hydrogens (tertiary/aromatic N) is 4. The van der Waals surface area contributed by atoms with Gasteiger partial charge in [0.15, 0.2) is 5.78 Å². The van der Waals surface area contributed by atoms with Gasteiger partial charge in [-0.1, -0.05) is 35.0 Å². The zero-order valence-corrected chi connectivity index (χ0v) is 24.6.